The Labute approximate surface area is 244 Å². The average Bonchev–Trinajstić information content (AvgIpc) is 3.47. The largest absolute Gasteiger partial charge is 0.455 e. The summed E-state index contributed by atoms with van der Waals surface area (Å²) in [5.74, 6) is 0.785. The SMILES string of the molecule is C=CC(=O)N1CCN(c2ccc3ncnc(Nc4cc(Cl)c(Oc5ccn6ncnc6c5)cc4F)c3n2)C[C@H]1COC. The highest BCUT2D eigenvalue weighted by Crippen LogP contribution is 2.35. The monoisotopic (exact) mass is 589 g/mol. The molecule has 1 atom stereocenters. The summed E-state index contributed by atoms with van der Waals surface area (Å²) in [6.07, 6.45) is 5.78. The normalized spacial score (nSPS) is 15.3. The van der Waals surface area contributed by atoms with E-state index in [9.17, 15) is 4.79 Å². The summed E-state index contributed by atoms with van der Waals surface area (Å²) in [5.41, 5.74) is 1.68. The maximum Gasteiger partial charge on any atom is 0.246 e. The molecule has 5 heterocycles. The lowest BCUT2D eigenvalue weighted by atomic mass is 10.1. The maximum atomic E-state index is 15.3. The summed E-state index contributed by atoms with van der Waals surface area (Å²) in [7, 11) is 1.60. The van der Waals surface area contributed by atoms with Crippen molar-refractivity contribution in [2.75, 3.05) is 43.6 Å². The third-order valence-corrected chi connectivity index (χ3v) is 7.14. The Bertz CT molecular complexity index is 1800. The summed E-state index contributed by atoms with van der Waals surface area (Å²) in [6.45, 7) is 5.53. The fourth-order valence-electron chi connectivity index (χ4n) is 4.82. The second-order valence-electron chi connectivity index (χ2n) is 9.47. The number of carbonyl (C=O) groups excluding carboxylic acids is 1. The summed E-state index contributed by atoms with van der Waals surface area (Å²) < 4.78 is 28.0. The van der Waals surface area contributed by atoms with Crippen molar-refractivity contribution >= 4 is 51.5 Å². The Morgan fingerprint density at radius 2 is 2.07 bits per heavy atom. The van der Waals surface area contributed by atoms with Crippen LogP contribution in [0.5, 0.6) is 11.5 Å². The lowest BCUT2D eigenvalue weighted by Crippen LogP contribution is -2.56. The van der Waals surface area contributed by atoms with E-state index in [0.29, 0.717) is 60.3 Å². The van der Waals surface area contributed by atoms with E-state index in [1.54, 1.807) is 34.9 Å². The molecule has 0 unspecified atom stereocenters. The Balaban J connectivity index is 1.25. The third-order valence-electron chi connectivity index (χ3n) is 6.85. The Morgan fingerprint density at radius 3 is 2.90 bits per heavy atom. The number of hydrogen-bond donors (Lipinski definition) is 1. The van der Waals surface area contributed by atoms with Crippen molar-refractivity contribution in [3.05, 3.63) is 78.7 Å². The van der Waals surface area contributed by atoms with E-state index in [0.717, 1.165) is 0 Å². The van der Waals surface area contributed by atoms with Crippen molar-refractivity contribution in [2.45, 2.75) is 6.04 Å². The van der Waals surface area contributed by atoms with Crippen LogP contribution in [0.25, 0.3) is 16.7 Å². The van der Waals surface area contributed by atoms with Crippen LogP contribution in [0.2, 0.25) is 5.02 Å². The van der Waals surface area contributed by atoms with E-state index in [4.69, 9.17) is 26.1 Å². The number of methoxy groups -OCH3 is 1. The summed E-state index contributed by atoms with van der Waals surface area (Å²) in [4.78, 5) is 33.7. The van der Waals surface area contributed by atoms with Gasteiger partial charge in [-0.1, -0.05) is 18.2 Å². The second kappa shape index (κ2) is 11.5. The molecule has 42 heavy (non-hydrogen) atoms. The molecule has 1 fully saturated rings. The van der Waals surface area contributed by atoms with Crippen LogP contribution in [0.15, 0.2) is 67.9 Å². The number of pyridine rings is 2. The van der Waals surface area contributed by atoms with Crippen molar-refractivity contribution in [2.24, 2.45) is 0 Å². The van der Waals surface area contributed by atoms with Crippen LogP contribution in [-0.4, -0.2) is 79.7 Å². The zero-order chi connectivity index (χ0) is 29.2. The van der Waals surface area contributed by atoms with Crippen LogP contribution >= 0.6 is 11.6 Å². The number of benzene rings is 1. The molecular weight excluding hydrogens is 565 g/mol. The number of ether oxygens (including phenoxy) is 2. The van der Waals surface area contributed by atoms with Gasteiger partial charge in [0, 0.05) is 45.1 Å². The number of nitrogens with one attached hydrogen (secondary N) is 1. The molecule has 1 amide bonds. The summed E-state index contributed by atoms with van der Waals surface area (Å²) in [6, 6.07) is 9.46. The molecule has 0 bridgehead atoms. The maximum absolute atomic E-state index is 15.3. The minimum Gasteiger partial charge on any atom is -0.455 e. The molecule has 1 N–H and O–H groups in total. The molecule has 6 rings (SSSR count). The van der Waals surface area contributed by atoms with Gasteiger partial charge in [-0.3, -0.25) is 4.79 Å². The number of piperazine rings is 1. The van der Waals surface area contributed by atoms with Gasteiger partial charge in [0.1, 0.15) is 41.3 Å². The molecule has 5 aromatic rings. The summed E-state index contributed by atoms with van der Waals surface area (Å²) in [5, 5.41) is 7.23. The van der Waals surface area contributed by atoms with Crippen LogP contribution < -0.4 is 15.0 Å². The van der Waals surface area contributed by atoms with Gasteiger partial charge in [0.2, 0.25) is 5.91 Å². The topological polar surface area (TPSA) is 123 Å². The summed E-state index contributed by atoms with van der Waals surface area (Å²) >= 11 is 6.48. The van der Waals surface area contributed by atoms with Crippen molar-refractivity contribution in [3.8, 4) is 11.5 Å². The highest BCUT2D eigenvalue weighted by Gasteiger charge is 2.30. The van der Waals surface area contributed by atoms with Gasteiger partial charge < -0.3 is 24.6 Å². The fraction of sp³-hybridized carbons (Fsp3) is 0.214. The average molecular weight is 590 g/mol. The van der Waals surface area contributed by atoms with Crippen LogP contribution in [0.1, 0.15) is 0 Å². The molecule has 214 valence electrons. The Morgan fingerprint density at radius 1 is 1.19 bits per heavy atom. The molecule has 1 saturated heterocycles. The van der Waals surface area contributed by atoms with E-state index in [1.165, 1.54) is 30.9 Å². The van der Waals surface area contributed by atoms with Crippen LogP contribution in [0.4, 0.5) is 21.7 Å². The van der Waals surface area contributed by atoms with Crippen molar-refractivity contribution in [1.29, 1.82) is 0 Å². The first-order valence-electron chi connectivity index (χ1n) is 13.0. The molecule has 12 nitrogen and oxygen atoms in total. The molecule has 1 aromatic carbocycles. The minimum atomic E-state index is -0.605. The Hall–Kier alpha value is -4.88. The van der Waals surface area contributed by atoms with Crippen molar-refractivity contribution in [3.63, 3.8) is 0 Å². The predicted molar refractivity (Wildman–Crippen MR) is 155 cm³/mol. The lowest BCUT2D eigenvalue weighted by molar-refractivity contribution is -0.129. The van der Waals surface area contributed by atoms with Gasteiger partial charge in [-0.25, -0.2) is 28.8 Å². The molecule has 4 aromatic heterocycles. The molecule has 1 aliphatic heterocycles. The van der Waals surface area contributed by atoms with Gasteiger partial charge in [0.15, 0.2) is 11.5 Å². The molecule has 14 heteroatoms. The molecule has 0 saturated carbocycles. The van der Waals surface area contributed by atoms with Crippen LogP contribution in [-0.2, 0) is 9.53 Å². The van der Waals surface area contributed by atoms with E-state index in [1.807, 2.05) is 12.1 Å². The van der Waals surface area contributed by atoms with Crippen molar-refractivity contribution in [1.82, 2.24) is 34.4 Å². The zero-order valence-corrected chi connectivity index (χ0v) is 23.2. The van der Waals surface area contributed by atoms with Gasteiger partial charge in [0.25, 0.3) is 0 Å². The second-order valence-corrected chi connectivity index (χ2v) is 9.87. The number of anilines is 3. The quantitative estimate of drug-likeness (QED) is 0.263. The van der Waals surface area contributed by atoms with Gasteiger partial charge in [-0.2, -0.15) is 5.10 Å². The number of amides is 1. The van der Waals surface area contributed by atoms with Crippen LogP contribution in [0.3, 0.4) is 0 Å². The number of nitrogens with zero attached hydrogens (tertiary/aromatic N) is 8. The van der Waals surface area contributed by atoms with Crippen molar-refractivity contribution < 1.29 is 18.7 Å². The standard InChI is InChI=1S/C28H25ClFN9O3/c1-3-26(40)38-9-8-37(13-17(38)14-41-2)24-5-4-21-27(36-24)28(33-15-31-21)35-22-11-19(29)23(12-20(22)30)42-18-6-7-39-25(10-18)32-16-34-39/h3-7,10-12,15-17H,1,8-9,13-14H2,2H3,(H,31,33,35)/t17-/m0/s1. The molecule has 0 aliphatic carbocycles. The van der Waals surface area contributed by atoms with E-state index < -0.39 is 5.82 Å². The lowest BCUT2D eigenvalue weighted by Gasteiger charge is -2.41. The number of rotatable bonds is 8. The first kappa shape index (κ1) is 27.3. The first-order valence-corrected chi connectivity index (χ1v) is 13.3. The van der Waals surface area contributed by atoms with Crippen LogP contribution in [0, 0.1) is 5.82 Å². The number of hydrogen-bond acceptors (Lipinski definition) is 10. The molecule has 0 radical (unpaired) electrons. The highest BCUT2D eigenvalue weighted by atomic mass is 35.5. The van der Waals surface area contributed by atoms with Gasteiger partial charge >= 0.3 is 0 Å². The number of aromatic nitrogens is 6. The van der Waals surface area contributed by atoms with Gasteiger partial charge in [0.05, 0.1) is 28.9 Å². The number of carbonyl (C=O) groups is 1. The van der Waals surface area contributed by atoms with E-state index >= 15 is 4.39 Å². The minimum absolute atomic E-state index is 0.0872. The molecule has 1 aliphatic rings. The third kappa shape index (κ3) is 5.39. The zero-order valence-electron chi connectivity index (χ0n) is 22.4. The van der Waals surface area contributed by atoms with E-state index in [-0.39, 0.29) is 28.4 Å². The first-order chi connectivity index (χ1) is 20.4. The highest BCUT2D eigenvalue weighted by molar-refractivity contribution is 6.32. The smallest absolute Gasteiger partial charge is 0.246 e. The Kier molecular flexibility index (Phi) is 7.50. The fourth-order valence-corrected chi connectivity index (χ4v) is 5.02. The molecule has 0 spiro atoms. The molecular formula is C28H25ClFN9O3. The van der Waals surface area contributed by atoms with Gasteiger partial charge in [-0.05, 0) is 30.3 Å². The van der Waals surface area contributed by atoms with Gasteiger partial charge in [-0.15, -0.1) is 0 Å². The predicted octanol–water partition coefficient (Wildman–Crippen LogP) is 4.25. The number of fused-ring (bicyclic) bond motifs is 2. The number of halogens is 2. The van der Waals surface area contributed by atoms with E-state index in [2.05, 4.69) is 36.8 Å².